The van der Waals surface area contributed by atoms with Crippen molar-refractivity contribution in [3.63, 3.8) is 0 Å². The number of anilines is 1. The van der Waals surface area contributed by atoms with E-state index in [1.54, 1.807) is 11.9 Å². The Kier molecular flexibility index (Phi) is 2.11. The summed E-state index contributed by atoms with van der Waals surface area (Å²) in [4.78, 5) is 13.4. The number of amides is 1. The van der Waals surface area contributed by atoms with Gasteiger partial charge in [0.05, 0.1) is 18.7 Å². The Morgan fingerprint density at radius 2 is 2.31 bits per heavy atom. The molecule has 2 aliphatic heterocycles. The minimum Gasteiger partial charge on any atom is -0.491 e. The lowest BCUT2D eigenvalue weighted by Gasteiger charge is -2.17. The number of rotatable bonds is 1. The van der Waals surface area contributed by atoms with Crippen molar-refractivity contribution in [2.24, 2.45) is 0 Å². The number of ether oxygens (including phenoxy) is 1. The van der Waals surface area contributed by atoms with Crippen molar-refractivity contribution in [2.75, 3.05) is 25.1 Å². The SMILES string of the molecule is CN1C(=O)CCOc2ccc(C3CN3)cc21. The van der Waals surface area contributed by atoms with Crippen LogP contribution in [0.1, 0.15) is 18.0 Å². The third-order valence-corrected chi connectivity index (χ3v) is 3.10. The predicted octanol–water partition coefficient (Wildman–Crippen LogP) is 1.08. The average Bonchev–Trinajstić information content (AvgIpc) is 3.11. The van der Waals surface area contributed by atoms with Gasteiger partial charge in [-0.1, -0.05) is 6.07 Å². The number of nitrogens with one attached hydrogen (secondary N) is 1. The molecule has 1 aromatic carbocycles. The molecule has 0 aliphatic carbocycles. The number of hydrogen-bond donors (Lipinski definition) is 1. The summed E-state index contributed by atoms with van der Waals surface area (Å²) in [6.45, 7) is 1.49. The number of carbonyl (C=O) groups excluding carboxylic acids is 1. The van der Waals surface area contributed by atoms with Crippen LogP contribution in [0.15, 0.2) is 18.2 Å². The molecule has 0 spiro atoms. The summed E-state index contributed by atoms with van der Waals surface area (Å²) in [6, 6.07) is 6.52. The third kappa shape index (κ3) is 1.55. The molecule has 84 valence electrons. The van der Waals surface area contributed by atoms with Crippen LogP contribution in [0.5, 0.6) is 5.75 Å². The standard InChI is InChI=1S/C12H14N2O2/c1-14-10-6-8(9-7-13-9)2-3-11(10)16-5-4-12(14)15/h2-3,6,9,13H,4-5,7H2,1H3. The minimum absolute atomic E-state index is 0.111. The lowest BCUT2D eigenvalue weighted by Crippen LogP contribution is -2.25. The second-order valence-corrected chi connectivity index (χ2v) is 4.24. The summed E-state index contributed by atoms with van der Waals surface area (Å²) in [5.74, 6) is 0.914. The highest BCUT2D eigenvalue weighted by molar-refractivity contribution is 5.95. The van der Waals surface area contributed by atoms with Crippen LogP contribution in [-0.2, 0) is 4.79 Å². The highest BCUT2D eigenvalue weighted by Crippen LogP contribution is 2.34. The van der Waals surface area contributed by atoms with E-state index in [9.17, 15) is 4.79 Å². The molecule has 3 rings (SSSR count). The zero-order valence-corrected chi connectivity index (χ0v) is 9.19. The van der Waals surface area contributed by atoms with Gasteiger partial charge in [-0.05, 0) is 17.7 Å². The van der Waals surface area contributed by atoms with Gasteiger partial charge in [-0.3, -0.25) is 4.79 Å². The van der Waals surface area contributed by atoms with E-state index in [1.807, 2.05) is 12.1 Å². The molecule has 1 unspecified atom stereocenters. The summed E-state index contributed by atoms with van der Waals surface area (Å²) in [6.07, 6.45) is 0.447. The van der Waals surface area contributed by atoms with Gasteiger partial charge in [0.2, 0.25) is 5.91 Å². The van der Waals surface area contributed by atoms with Crippen LogP contribution in [-0.4, -0.2) is 26.1 Å². The molecule has 2 aliphatic rings. The highest BCUT2D eigenvalue weighted by atomic mass is 16.5. The van der Waals surface area contributed by atoms with Gasteiger partial charge >= 0.3 is 0 Å². The molecular formula is C12H14N2O2. The van der Waals surface area contributed by atoms with Crippen molar-refractivity contribution >= 4 is 11.6 Å². The van der Waals surface area contributed by atoms with E-state index < -0.39 is 0 Å². The summed E-state index contributed by atoms with van der Waals surface area (Å²) in [5, 5.41) is 3.25. The van der Waals surface area contributed by atoms with E-state index in [2.05, 4.69) is 11.4 Å². The minimum atomic E-state index is 0.111. The molecule has 1 aromatic rings. The molecule has 16 heavy (non-hydrogen) atoms. The second-order valence-electron chi connectivity index (χ2n) is 4.24. The third-order valence-electron chi connectivity index (χ3n) is 3.10. The van der Waals surface area contributed by atoms with E-state index in [0.29, 0.717) is 19.1 Å². The van der Waals surface area contributed by atoms with Gasteiger partial charge in [0.1, 0.15) is 5.75 Å². The van der Waals surface area contributed by atoms with Crippen LogP contribution >= 0.6 is 0 Å². The molecule has 0 radical (unpaired) electrons. The van der Waals surface area contributed by atoms with Gasteiger partial charge in [-0.25, -0.2) is 0 Å². The Balaban J connectivity index is 2.03. The maximum atomic E-state index is 11.7. The van der Waals surface area contributed by atoms with E-state index >= 15 is 0 Å². The monoisotopic (exact) mass is 218 g/mol. The van der Waals surface area contributed by atoms with Crippen molar-refractivity contribution in [3.05, 3.63) is 23.8 Å². The summed E-state index contributed by atoms with van der Waals surface area (Å²) >= 11 is 0. The van der Waals surface area contributed by atoms with Crippen molar-refractivity contribution < 1.29 is 9.53 Å². The molecule has 1 amide bonds. The molecular weight excluding hydrogens is 204 g/mol. The molecule has 0 aromatic heterocycles. The van der Waals surface area contributed by atoms with Crippen LogP contribution in [0.3, 0.4) is 0 Å². The molecule has 4 heteroatoms. The Hall–Kier alpha value is -1.55. The molecule has 1 atom stereocenters. The predicted molar refractivity (Wildman–Crippen MR) is 60.7 cm³/mol. The molecule has 1 N–H and O–H groups in total. The first-order valence-electron chi connectivity index (χ1n) is 5.52. The Morgan fingerprint density at radius 3 is 3.06 bits per heavy atom. The lowest BCUT2D eigenvalue weighted by atomic mass is 10.1. The van der Waals surface area contributed by atoms with Crippen molar-refractivity contribution in [3.8, 4) is 5.75 Å². The first-order valence-corrected chi connectivity index (χ1v) is 5.52. The van der Waals surface area contributed by atoms with Crippen LogP contribution in [0.25, 0.3) is 0 Å². The zero-order valence-electron chi connectivity index (χ0n) is 9.19. The first kappa shape index (κ1) is 9.66. The maximum absolute atomic E-state index is 11.7. The van der Waals surface area contributed by atoms with Crippen LogP contribution in [0.2, 0.25) is 0 Å². The molecule has 1 saturated heterocycles. The Bertz CT molecular complexity index is 441. The normalized spacial score (nSPS) is 23.4. The average molecular weight is 218 g/mol. The number of nitrogens with zero attached hydrogens (tertiary/aromatic N) is 1. The number of fused-ring (bicyclic) bond motifs is 1. The smallest absolute Gasteiger partial charge is 0.230 e. The molecule has 0 bridgehead atoms. The Labute approximate surface area is 94.2 Å². The highest BCUT2D eigenvalue weighted by Gasteiger charge is 2.26. The number of benzene rings is 1. The fraction of sp³-hybridized carbons (Fsp3) is 0.417. The molecule has 2 heterocycles. The lowest BCUT2D eigenvalue weighted by molar-refractivity contribution is -0.118. The van der Waals surface area contributed by atoms with E-state index in [1.165, 1.54) is 5.56 Å². The number of carbonyl (C=O) groups is 1. The fourth-order valence-corrected chi connectivity index (χ4v) is 1.98. The van der Waals surface area contributed by atoms with Crippen molar-refractivity contribution in [2.45, 2.75) is 12.5 Å². The summed E-state index contributed by atoms with van der Waals surface area (Å²) in [5.41, 5.74) is 2.11. The summed E-state index contributed by atoms with van der Waals surface area (Å²) < 4.78 is 5.56. The maximum Gasteiger partial charge on any atom is 0.230 e. The largest absolute Gasteiger partial charge is 0.491 e. The molecule has 1 fully saturated rings. The number of hydrogen-bond acceptors (Lipinski definition) is 3. The van der Waals surface area contributed by atoms with Crippen molar-refractivity contribution in [1.82, 2.24) is 5.32 Å². The van der Waals surface area contributed by atoms with Gasteiger partial charge in [0.15, 0.2) is 0 Å². The topological polar surface area (TPSA) is 51.5 Å². The van der Waals surface area contributed by atoms with Gasteiger partial charge in [-0.15, -0.1) is 0 Å². The van der Waals surface area contributed by atoms with Crippen LogP contribution in [0.4, 0.5) is 5.69 Å². The zero-order chi connectivity index (χ0) is 11.1. The molecule has 0 saturated carbocycles. The first-order chi connectivity index (χ1) is 7.75. The van der Waals surface area contributed by atoms with E-state index in [-0.39, 0.29) is 5.91 Å². The molecule has 4 nitrogen and oxygen atoms in total. The van der Waals surface area contributed by atoms with E-state index in [4.69, 9.17) is 4.74 Å². The van der Waals surface area contributed by atoms with Crippen LogP contribution < -0.4 is 15.0 Å². The quantitative estimate of drug-likeness (QED) is 0.717. The summed E-state index contributed by atoms with van der Waals surface area (Å²) in [7, 11) is 1.81. The van der Waals surface area contributed by atoms with Gasteiger partial charge in [0.25, 0.3) is 0 Å². The van der Waals surface area contributed by atoms with Gasteiger partial charge in [-0.2, -0.15) is 0 Å². The van der Waals surface area contributed by atoms with E-state index in [0.717, 1.165) is 18.0 Å². The fourth-order valence-electron chi connectivity index (χ4n) is 1.98. The van der Waals surface area contributed by atoms with Crippen molar-refractivity contribution in [1.29, 1.82) is 0 Å². The van der Waals surface area contributed by atoms with Gasteiger partial charge < -0.3 is 15.0 Å². The Morgan fingerprint density at radius 1 is 1.50 bits per heavy atom. The van der Waals surface area contributed by atoms with Gasteiger partial charge in [0, 0.05) is 19.6 Å². The second kappa shape index (κ2) is 3.49. The van der Waals surface area contributed by atoms with Crippen LogP contribution in [0, 0.1) is 0 Å².